The van der Waals surface area contributed by atoms with E-state index in [-0.39, 0.29) is 18.3 Å². The normalized spacial score (nSPS) is 17.5. The minimum absolute atomic E-state index is 0.147. The molecule has 1 aliphatic rings. The van der Waals surface area contributed by atoms with Gasteiger partial charge in [0, 0.05) is 11.5 Å². The van der Waals surface area contributed by atoms with Crippen molar-refractivity contribution in [2.45, 2.75) is 38.7 Å². The van der Waals surface area contributed by atoms with Crippen LogP contribution in [0.4, 0.5) is 0 Å². The second-order valence-electron chi connectivity index (χ2n) is 6.14. The standard InChI is InChI=1S/C18H20O3/c1-18(2,3)21-17(20)11-15-10-13(12-19)8-9-14-6-4-5-7-16(14)15/h4-10,12,15H,11H2,1-3H3. The summed E-state index contributed by atoms with van der Waals surface area (Å²) in [7, 11) is 0. The van der Waals surface area contributed by atoms with E-state index in [9.17, 15) is 9.59 Å². The highest BCUT2D eigenvalue weighted by Crippen LogP contribution is 2.30. The molecular formula is C18H20O3. The Balaban J connectivity index is 2.28. The van der Waals surface area contributed by atoms with Gasteiger partial charge in [-0.1, -0.05) is 42.5 Å². The highest BCUT2D eigenvalue weighted by molar-refractivity contribution is 5.82. The number of fused-ring (bicyclic) bond motifs is 1. The van der Waals surface area contributed by atoms with Gasteiger partial charge in [-0.3, -0.25) is 9.59 Å². The van der Waals surface area contributed by atoms with Gasteiger partial charge in [-0.2, -0.15) is 0 Å². The minimum Gasteiger partial charge on any atom is -0.460 e. The maximum atomic E-state index is 12.1. The van der Waals surface area contributed by atoms with Crippen molar-refractivity contribution in [1.29, 1.82) is 0 Å². The van der Waals surface area contributed by atoms with Gasteiger partial charge in [0.05, 0.1) is 6.42 Å². The Hall–Kier alpha value is -2.16. The van der Waals surface area contributed by atoms with Gasteiger partial charge < -0.3 is 4.74 Å². The SMILES string of the molecule is CC(C)(C)OC(=O)CC1C=C(C=O)C=Cc2ccccc21. The number of esters is 1. The average molecular weight is 284 g/mol. The first-order valence-electron chi connectivity index (χ1n) is 7.05. The van der Waals surface area contributed by atoms with Crippen LogP contribution in [0.3, 0.4) is 0 Å². The van der Waals surface area contributed by atoms with Crippen molar-refractivity contribution in [3.63, 3.8) is 0 Å². The van der Waals surface area contributed by atoms with E-state index in [1.165, 1.54) is 0 Å². The molecule has 0 aliphatic heterocycles. The van der Waals surface area contributed by atoms with E-state index in [0.717, 1.165) is 17.4 Å². The first-order chi connectivity index (χ1) is 9.89. The van der Waals surface area contributed by atoms with Crippen molar-refractivity contribution in [3.8, 4) is 0 Å². The zero-order valence-corrected chi connectivity index (χ0v) is 12.6. The van der Waals surface area contributed by atoms with Gasteiger partial charge in [0.1, 0.15) is 11.9 Å². The Labute approximate surface area is 125 Å². The molecule has 3 nitrogen and oxygen atoms in total. The number of rotatable bonds is 3. The quantitative estimate of drug-likeness (QED) is 0.628. The Bertz CT molecular complexity index is 603. The van der Waals surface area contributed by atoms with Crippen LogP contribution < -0.4 is 0 Å². The first kappa shape index (κ1) is 15.2. The molecule has 1 unspecified atom stereocenters. The van der Waals surface area contributed by atoms with Crippen molar-refractivity contribution in [2.75, 3.05) is 0 Å². The van der Waals surface area contributed by atoms with Crippen molar-refractivity contribution in [1.82, 2.24) is 0 Å². The lowest BCUT2D eigenvalue weighted by Gasteiger charge is -2.21. The molecule has 1 aromatic carbocycles. The van der Waals surface area contributed by atoms with Crippen molar-refractivity contribution < 1.29 is 14.3 Å². The molecule has 0 saturated carbocycles. The monoisotopic (exact) mass is 284 g/mol. The summed E-state index contributed by atoms with van der Waals surface area (Å²) in [5.74, 6) is -0.406. The lowest BCUT2D eigenvalue weighted by Crippen LogP contribution is -2.24. The van der Waals surface area contributed by atoms with Gasteiger partial charge in [-0.25, -0.2) is 0 Å². The third-order valence-electron chi connectivity index (χ3n) is 3.19. The van der Waals surface area contributed by atoms with Crippen LogP contribution in [-0.2, 0) is 14.3 Å². The highest BCUT2D eigenvalue weighted by atomic mass is 16.6. The average Bonchev–Trinajstić information content (AvgIpc) is 2.57. The van der Waals surface area contributed by atoms with Crippen LogP contribution in [0.2, 0.25) is 0 Å². The zero-order chi connectivity index (χ0) is 15.5. The van der Waals surface area contributed by atoms with Gasteiger partial charge in [0.2, 0.25) is 0 Å². The van der Waals surface area contributed by atoms with E-state index in [1.807, 2.05) is 57.2 Å². The number of hydrogen-bond donors (Lipinski definition) is 0. The van der Waals surface area contributed by atoms with E-state index >= 15 is 0 Å². The lowest BCUT2D eigenvalue weighted by atomic mass is 9.91. The summed E-state index contributed by atoms with van der Waals surface area (Å²) in [6, 6.07) is 7.85. The molecule has 1 aliphatic carbocycles. The molecule has 3 heteroatoms. The van der Waals surface area contributed by atoms with Crippen LogP contribution in [0.5, 0.6) is 0 Å². The first-order valence-corrected chi connectivity index (χ1v) is 7.05. The Morgan fingerprint density at radius 3 is 2.62 bits per heavy atom. The lowest BCUT2D eigenvalue weighted by molar-refractivity contribution is -0.155. The number of ether oxygens (including phenoxy) is 1. The summed E-state index contributed by atoms with van der Waals surface area (Å²) in [4.78, 5) is 23.2. The Kier molecular flexibility index (Phi) is 4.41. The molecule has 21 heavy (non-hydrogen) atoms. The molecule has 0 heterocycles. The molecule has 2 rings (SSSR count). The van der Waals surface area contributed by atoms with E-state index in [0.29, 0.717) is 5.57 Å². The van der Waals surface area contributed by atoms with Crippen LogP contribution in [0.25, 0.3) is 6.08 Å². The molecule has 110 valence electrons. The highest BCUT2D eigenvalue weighted by Gasteiger charge is 2.22. The van der Waals surface area contributed by atoms with Crippen molar-refractivity contribution >= 4 is 18.3 Å². The van der Waals surface area contributed by atoms with Crippen LogP contribution in [-0.4, -0.2) is 17.9 Å². The third kappa shape index (κ3) is 4.15. The van der Waals surface area contributed by atoms with E-state index in [4.69, 9.17) is 4.74 Å². The maximum Gasteiger partial charge on any atom is 0.307 e. The van der Waals surface area contributed by atoms with E-state index in [1.54, 1.807) is 6.08 Å². The number of hydrogen-bond acceptors (Lipinski definition) is 3. The summed E-state index contributed by atoms with van der Waals surface area (Å²) in [5.41, 5.74) is 2.15. The molecule has 0 radical (unpaired) electrons. The van der Waals surface area contributed by atoms with Gasteiger partial charge in [-0.15, -0.1) is 0 Å². The molecule has 0 spiro atoms. The molecule has 0 aromatic heterocycles. The van der Waals surface area contributed by atoms with E-state index in [2.05, 4.69) is 0 Å². The Morgan fingerprint density at radius 1 is 1.24 bits per heavy atom. The molecule has 0 saturated heterocycles. The molecule has 1 atom stereocenters. The summed E-state index contributed by atoms with van der Waals surface area (Å²) in [5, 5.41) is 0. The number of benzene rings is 1. The third-order valence-corrected chi connectivity index (χ3v) is 3.19. The molecule has 1 aromatic rings. The molecular weight excluding hydrogens is 264 g/mol. The topological polar surface area (TPSA) is 43.4 Å². The second kappa shape index (κ2) is 6.08. The van der Waals surface area contributed by atoms with Crippen LogP contribution in [0.1, 0.15) is 44.2 Å². The summed E-state index contributed by atoms with van der Waals surface area (Å²) >= 11 is 0. The fraction of sp³-hybridized carbons (Fsp3) is 0.333. The summed E-state index contributed by atoms with van der Waals surface area (Å²) in [6.45, 7) is 5.54. The predicted octanol–water partition coefficient (Wildman–Crippen LogP) is 3.65. The largest absolute Gasteiger partial charge is 0.460 e. The van der Waals surface area contributed by atoms with Crippen molar-refractivity contribution in [2.24, 2.45) is 0 Å². The smallest absolute Gasteiger partial charge is 0.307 e. The van der Waals surface area contributed by atoms with Crippen LogP contribution in [0, 0.1) is 0 Å². The van der Waals surface area contributed by atoms with Gasteiger partial charge in [-0.05, 0) is 31.9 Å². The summed E-state index contributed by atoms with van der Waals surface area (Å²) in [6.07, 6.45) is 6.56. The fourth-order valence-electron chi connectivity index (χ4n) is 2.37. The molecule has 0 fully saturated rings. The minimum atomic E-state index is -0.503. The number of carbonyl (C=O) groups excluding carboxylic acids is 2. The maximum absolute atomic E-state index is 12.1. The van der Waals surface area contributed by atoms with Crippen molar-refractivity contribution in [3.05, 3.63) is 53.1 Å². The van der Waals surface area contributed by atoms with Crippen LogP contribution in [0.15, 0.2) is 42.0 Å². The van der Waals surface area contributed by atoms with Gasteiger partial charge >= 0.3 is 5.97 Å². The van der Waals surface area contributed by atoms with Gasteiger partial charge in [0.15, 0.2) is 0 Å². The number of allylic oxidation sites excluding steroid dienone is 3. The predicted molar refractivity (Wildman–Crippen MR) is 82.8 cm³/mol. The van der Waals surface area contributed by atoms with Gasteiger partial charge in [0.25, 0.3) is 0 Å². The summed E-state index contributed by atoms with van der Waals surface area (Å²) < 4.78 is 5.39. The second-order valence-corrected chi connectivity index (χ2v) is 6.14. The van der Waals surface area contributed by atoms with Crippen LogP contribution >= 0.6 is 0 Å². The molecule has 0 N–H and O–H groups in total. The fourth-order valence-corrected chi connectivity index (χ4v) is 2.37. The molecule has 0 bridgehead atoms. The van der Waals surface area contributed by atoms with E-state index < -0.39 is 5.60 Å². The number of carbonyl (C=O) groups is 2. The number of aldehydes is 1. The molecule has 0 amide bonds. The zero-order valence-electron chi connectivity index (χ0n) is 12.6. The Morgan fingerprint density at radius 2 is 1.95 bits per heavy atom.